The molecular weight excluding hydrogens is 380 g/mol. The second-order valence-electron chi connectivity index (χ2n) is 6.90. The number of aliphatic imine (C=N–C) groups is 1. The summed E-state index contributed by atoms with van der Waals surface area (Å²) < 4.78 is 10.6. The van der Waals surface area contributed by atoms with Gasteiger partial charge in [0.1, 0.15) is 23.1 Å². The Morgan fingerprint density at radius 2 is 1.97 bits per heavy atom. The molecule has 0 atom stereocenters. The van der Waals surface area contributed by atoms with E-state index in [4.69, 9.17) is 4.74 Å². The van der Waals surface area contributed by atoms with Crippen LogP contribution in [-0.4, -0.2) is 29.2 Å². The third-order valence-corrected chi connectivity index (χ3v) is 5.21. The van der Waals surface area contributed by atoms with Crippen LogP contribution in [0.15, 0.2) is 47.5 Å². The summed E-state index contributed by atoms with van der Waals surface area (Å²) in [5.74, 6) is 0.711. The number of nitrogens with zero attached hydrogens (tertiary/aromatic N) is 4. The topological polar surface area (TPSA) is 61.5 Å². The molecule has 3 rings (SSSR count). The summed E-state index contributed by atoms with van der Waals surface area (Å²) in [4.78, 5) is 6.66. The smallest absolute Gasteiger partial charge is 0.218 e. The van der Waals surface area contributed by atoms with Crippen LogP contribution in [0, 0.1) is 25.2 Å². The van der Waals surface area contributed by atoms with Crippen LogP contribution >= 0.6 is 11.5 Å². The molecule has 0 unspecified atom stereocenters. The summed E-state index contributed by atoms with van der Waals surface area (Å²) in [7, 11) is 2.02. The van der Waals surface area contributed by atoms with E-state index in [1.165, 1.54) is 11.5 Å². The molecule has 0 bridgehead atoms. The summed E-state index contributed by atoms with van der Waals surface area (Å²) in [6.07, 6.45) is 2.93. The molecule has 0 radical (unpaired) electrons. The van der Waals surface area contributed by atoms with Crippen LogP contribution in [-0.2, 0) is 0 Å². The predicted octanol–water partition coefficient (Wildman–Crippen LogP) is 6.09. The first-order chi connectivity index (χ1) is 14.0. The highest BCUT2D eigenvalue weighted by atomic mass is 32.1. The second-order valence-corrected chi connectivity index (χ2v) is 7.64. The fourth-order valence-electron chi connectivity index (χ4n) is 2.93. The quantitative estimate of drug-likeness (QED) is 0.353. The van der Waals surface area contributed by atoms with E-state index < -0.39 is 0 Å². The normalized spacial score (nSPS) is 10.9. The van der Waals surface area contributed by atoms with Crippen LogP contribution in [0.3, 0.4) is 0 Å². The van der Waals surface area contributed by atoms with Gasteiger partial charge in [0.15, 0.2) is 0 Å². The fourth-order valence-corrected chi connectivity index (χ4v) is 3.66. The zero-order valence-electron chi connectivity index (χ0n) is 17.1. The minimum Gasteiger partial charge on any atom is -0.443 e. The Kier molecular flexibility index (Phi) is 6.63. The lowest BCUT2D eigenvalue weighted by molar-refractivity contribution is 0.491. The summed E-state index contributed by atoms with van der Waals surface area (Å²) in [5, 5.41) is 10.2. The van der Waals surface area contributed by atoms with Crippen LogP contribution in [0.25, 0.3) is 11.3 Å². The average Bonchev–Trinajstić information content (AvgIpc) is 3.13. The number of benzene rings is 2. The summed E-state index contributed by atoms with van der Waals surface area (Å²) in [6.45, 7) is 7.10. The minimum atomic E-state index is 0.460. The maximum atomic E-state index is 9.67. The van der Waals surface area contributed by atoms with E-state index in [1.807, 2.05) is 69.7 Å². The average molecular weight is 405 g/mol. The first kappa shape index (κ1) is 20.6. The first-order valence-corrected chi connectivity index (χ1v) is 10.3. The van der Waals surface area contributed by atoms with Crippen molar-refractivity contribution >= 4 is 23.6 Å². The number of nitriles is 1. The fraction of sp³-hybridized carbons (Fsp3) is 0.261. The van der Waals surface area contributed by atoms with E-state index >= 15 is 0 Å². The van der Waals surface area contributed by atoms with Crippen molar-refractivity contribution in [2.45, 2.75) is 27.2 Å². The van der Waals surface area contributed by atoms with Gasteiger partial charge in [0.25, 0.3) is 0 Å². The van der Waals surface area contributed by atoms with Crippen molar-refractivity contribution in [2.24, 2.45) is 4.99 Å². The van der Waals surface area contributed by atoms with Gasteiger partial charge in [-0.3, -0.25) is 0 Å². The molecule has 148 valence electrons. The minimum absolute atomic E-state index is 0.460. The van der Waals surface area contributed by atoms with Crippen LogP contribution in [0.4, 0.5) is 5.69 Å². The lowest BCUT2D eigenvalue weighted by Crippen LogP contribution is -2.16. The lowest BCUT2D eigenvalue weighted by atomic mass is 10.1. The third kappa shape index (κ3) is 4.82. The Hall–Kier alpha value is -3.17. The molecule has 0 saturated heterocycles. The maximum Gasteiger partial charge on any atom is 0.218 e. The highest BCUT2D eigenvalue weighted by Gasteiger charge is 2.18. The molecule has 0 saturated carbocycles. The number of ether oxygens (including phenoxy) is 1. The molecule has 0 aliphatic rings. The molecule has 0 spiro atoms. The predicted molar refractivity (Wildman–Crippen MR) is 119 cm³/mol. The van der Waals surface area contributed by atoms with Gasteiger partial charge < -0.3 is 9.64 Å². The van der Waals surface area contributed by atoms with E-state index in [0.717, 1.165) is 35.3 Å². The van der Waals surface area contributed by atoms with Gasteiger partial charge in [0.2, 0.25) is 5.06 Å². The number of rotatable bonds is 7. The Balaban J connectivity index is 1.87. The molecule has 0 amide bonds. The summed E-state index contributed by atoms with van der Waals surface area (Å²) >= 11 is 1.20. The Morgan fingerprint density at radius 1 is 1.21 bits per heavy atom. The molecule has 0 N–H and O–H groups in total. The van der Waals surface area contributed by atoms with Crippen molar-refractivity contribution in [1.82, 2.24) is 9.27 Å². The van der Waals surface area contributed by atoms with Gasteiger partial charge in [-0.1, -0.05) is 37.3 Å². The molecule has 1 heterocycles. The SMILES string of the molecule is CCCN(C)/C=N\c1cc(C)c(Oc2snc(-c3ccccc3)c2C#N)cc1C. The number of hydrogen-bond acceptors (Lipinski definition) is 5. The lowest BCUT2D eigenvalue weighted by Gasteiger charge is -2.13. The van der Waals surface area contributed by atoms with Crippen molar-refractivity contribution in [3.05, 3.63) is 59.2 Å². The van der Waals surface area contributed by atoms with Gasteiger partial charge in [0, 0.05) is 30.7 Å². The van der Waals surface area contributed by atoms with Gasteiger partial charge in [-0.25, -0.2) is 4.99 Å². The van der Waals surface area contributed by atoms with Crippen molar-refractivity contribution in [3.8, 4) is 28.1 Å². The standard InChI is InChI=1S/C23H24N4OS/c1-5-11-27(4)15-25-20-12-17(3)21(13-16(20)2)28-23-19(14-24)22(26-29-23)18-9-7-6-8-10-18/h6-10,12-13,15H,5,11H2,1-4H3/b25-15-. The Morgan fingerprint density at radius 3 is 2.66 bits per heavy atom. The van der Waals surface area contributed by atoms with E-state index in [0.29, 0.717) is 22.1 Å². The van der Waals surface area contributed by atoms with E-state index in [1.54, 1.807) is 0 Å². The molecule has 0 aliphatic carbocycles. The highest BCUT2D eigenvalue weighted by Crippen LogP contribution is 2.38. The van der Waals surface area contributed by atoms with Crippen molar-refractivity contribution in [3.63, 3.8) is 0 Å². The molecule has 0 aliphatic heterocycles. The number of hydrogen-bond donors (Lipinski definition) is 0. The van der Waals surface area contributed by atoms with Crippen molar-refractivity contribution in [2.75, 3.05) is 13.6 Å². The van der Waals surface area contributed by atoms with Crippen LogP contribution < -0.4 is 4.74 Å². The van der Waals surface area contributed by atoms with Gasteiger partial charge >= 0.3 is 0 Å². The Labute approximate surface area is 176 Å². The second kappa shape index (κ2) is 9.35. The van der Waals surface area contributed by atoms with Crippen molar-refractivity contribution in [1.29, 1.82) is 5.26 Å². The molecular formula is C23H24N4OS. The first-order valence-electron chi connectivity index (χ1n) is 9.52. The monoisotopic (exact) mass is 404 g/mol. The van der Waals surface area contributed by atoms with Gasteiger partial charge in [-0.2, -0.15) is 9.64 Å². The zero-order chi connectivity index (χ0) is 20.8. The maximum absolute atomic E-state index is 9.67. The Bertz CT molecular complexity index is 1050. The molecule has 0 fully saturated rings. The highest BCUT2D eigenvalue weighted by molar-refractivity contribution is 7.08. The van der Waals surface area contributed by atoms with Gasteiger partial charge in [-0.05, 0) is 43.5 Å². The molecule has 29 heavy (non-hydrogen) atoms. The molecule has 2 aromatic carbocycles. The van der Waals surface area contributed by atoms with Crippen molar-refractivity contribution < 1.29 is 4.74 Å². The van der Waals surface area contributed by atoms with E-state index in [-0.39, 0.29) is 0 Å². The third-order valence-electron chi connectivity index (χ3n) is 4.49. The molecule has 3 aromatic rings. The van der Waals surface area contributed by atoms with Crippen LogP contribution in [0.2, 0.25) is 0 Å². The number of aromatic nitrogens is 1. The summed E-state index contributed by atoms with van der Waals surface area (Å²) in [5.41, 5.74) is 4.90. The molecule has 6 heteroatoms. The van der Waals surface area contributed by atoms with Gasteiger partial charge in [-0.15, -0.1) is 0 Å². The van der Waals surface area contributed by atoms with Crippen LogP contribution in [0.1, 0.15) is 30.0 Å². The number of aryl methyl sites for hydroxylation is 2. The summed E-state index contributed by atoms with van der Waals surface area (Å²) in [6, 6.07) is 15.9. The zero-order valence-corrected chi connectivity index (χ0v) is 18.0. The largest absolute Gasteiger partial charge is 0.443 e. The van der Waals surface area contributed by atoms with E-state index in [9.17, 15) is 5.26 Å². The van der Waals surface area contributed by atoms with Gasteiger partial charge in [0.05, 0.1) is 12.0 Å². The molecule has 1 aromatic heterocycles. The van der Waals surface area contributed by atoms with Crippen LogP contribution in [0.5, 0.6) is 10.8 Å². The van der Waals surface area contributed by atoms with E-state index in [2.05, 4.69) is 27.3 Å². The molecule has 5 nitrogen and oxygen atoms in total.